The first-order valence-corrected chi connectivity index (χ1v) is 11.4. The molecule has 1 unspecified atom stereocenters. The van der Waals surface area contributed by atoms with Crippen LogP contribution in [0.5, 0.6) is 5.75 Å². The first-order chi connectivity index (χ1) is 16.1. The third kappa shape index (κ3) is 4.31. The van der Waals surface area contributed by atoms with Crippen LogP contribution in [0.4, 0.5) is 5.69 Å². The molecule has 1 aliphatic carbocycles. The molecule has 1 aromatic heterocycles. The normalized spacial score (nSPS) is 18.3. The van der Waals surface area contributed by atoms with Gasteiger partial charge in [-0.3, -0.25) is 19.5 Å². The van der Waals surface area contributed by atoms with Crippen molar-refractivity contribution in [2.24, 2.45) is 0 Å². The van der Waals surface area contributed by atoms with Crippen LogP contribution < -0.4 is 9.64 Å². The fraction of sp³-hybridized carbons (Fsp3) is 0.250. The third-order valence-corrected chi connectivity index (χ3v) is 6.39. The molecule has 0 saturated heterocycles. The van der Waals surface area contributed by atoms with Gasteiger partial charge in [0.25, 0.3) is 0 Å². The summed E-state index contributed by atoms with van der Waals surface area (Å²) in [6.45, 7) is 2.56. The molecule has 5 nitrogen and oxygen atoms in total. The Kier molecular flexibility index (Phi) is 5.78. The number of anilines is 1. The van der Waals surface area contributed by atoms with Crippen LogP contribution in [0.15, 0.2) is 84.3 Å². The zero-order chi connectivity index (χ0) is 22.8. The first-order valence-electron chi connectivity index (χ1n) is 11.4. The highest BCUT2D eigenvalue weighted by Crippen LogP contribution is 2.43. The quantitative estimate of drug-likeness (QED) is 0.528. The number of pyridine rings is 1. The summed E-state index contributed by atoms with van der Waals surface area (Å²) < 4.78 is 5.94. The van der Waals surface area contributed by atoms with Gasteiger partial charge >= 0.3 is 0 Å². The van der Waals surface area contributed by atoms with Gasteiger partial charge in [0.2, 0.25) is 5.91 Å². The van der Waals surface area contributed by atoms with Crippen molar-refractivity contribution in [1.29, 1.82) is 0 Å². The van der Waals surface area contributed by atoms with Crippen LogP contribution in [0.25, 0.3) is 0 Å². The first kappa shape index (κ1) is 21.1. The Balaban J connectivity index is 1.41. The van der Waals surface area contributed by atoms with Gasteiger partial charge in [-0.1, -0.05) is 42.0 Å². The largest absolute Gasteiger partial charge is 0.489 e. The van der Waals surface area contributed by atoms with Crippen LogP contribution in [-0.2, 0) is 16.2 Å². The van der Waals surface area contributed by atoms with Gasteiger partial charge in [0.1, 0.15) is 12.4 Å². The number of carbonyl (C=O) groups is 2. The summed E-state index contributed by atoms with van der Waals surface area (Å²) in [6, 6.07) is 19.8. The Hall–Kier alpha value is -3.73. The second kappa shape index (κ2) is 9.02. The number of rotatable bonds is 5. The van der Waals surface area contributed by atoms with Gasteiger partial charge in [-0.25, -0.2) is 0 Å². The summed E-state index contributed by atoms with van der Waals surface area (Å²) in [4.78, 5) is 32.1. The molecule has 0 spiro atoms. The maximum absolute atomic E-state index is 13.2. The van der Waals surface area contributed by atoms with Crippen molar-refractivity contribution >= 4 is 17.4 Å². The molecule has 1 aliphatic heterocycles. The maximum atomic E-state index is 13.2. The van der Waals surface area contributed by atoms with Gasteiger partial charge in [-0.05, 0) is 55.2 Å². The molecular formula is C28H26N2O3. The number of allylic oxidation sites excluding steroid dienone is 2. The number of benzene rings is 2. The van der Waals surface area contributed by atoms with Gasteiger partial charge < -0.3 is 4.74 Å². The van der Waals surface area contributed by atoms with Crippen molar-refractivity contribution in [3.8, 4) is 5.75 Å². The lowest BCUT2D eigenvalue weighted by atomic mass is 9.77. The Morgan fingerprint density at radius 1 is 1.00 bits per heavy atom. The van der Waals surface area contributed by atoms with Crippen molar-refractivity contribution < 1.29 is 14.3 Å². The van der Waals surface area contributed by atoms with Gasteiger partial charge in [-0.2, -0.15) is 0 Å². The highest BCUT2D eigenvalue weighted by molar-refractivity contribution is 6.07. The van der Waals surface area contributed by atoms with E-state index in [1.807, 2.05) is 36.4 Å². The Bertz CT molecular complexity index is 1200. The monoisotopic (exact) mass is 438 g/mol. The smallest absolute Gasteiger partial charge is 0.232 e. The molecule has 5 rings (SSSR count). The minimum Gasteiger partial charge on any atom is -0.489 e. The highest BCUT2D eigenvalue weighted by Gasteiger charge is 2.39. The lowest BCUT2D eigenvalue weighted by Crippen LogP contribution is -2.40. The molecule has 2 heterocycles. The molecule has 0 radical (unpaired) electrons. The molecule has 3 aromatic rings. The number of nitrogens with zero attached hydrogens (tertiary/aromatic N) is 2. The number of ether oxygens (including phenoxy) is 1. The average Bonchev–Trinajstić information content (AvgIpc) is 2.84. The van der Waals surface area contributed by atoms with E-state index in [1.54, 1.807) is 17.3 Å². The van der Waals surface area contributed by atoms with Crippen molar-refractivity contribution in [1.82, 2.24) is 4.98 Å². The predicted molar refractivity (Wildman–Crippen MR) is 127 cm³/mol. The molecule has 0 bridgehead atoms. The number of ketones is 1. The Labute approximate surface area is 193 Å². The molecule has 166 valence electrons. The summed E-state index contributed by atoms with van der Waals surface area (Å²) >= 11 is 0. The van der Waals surface area contributed by atoms with Crippen LogP contribution in [0.2, 0.25) is 0 Å². The summed E-state index contributed by atoms with van der Waals surface area (Å²) in [5, 5.41) is 0. The highest BCUT2D eigenvalue weighted by atomic mass is 16.5. The lowest BCUT2D eigenvalue weighted by Gasteiger charge is -2.38. The zero-order valence-corrected chi connectivity index (χ0v) is 18.7. The van der Waals surface area contributed by atoms with Crippen LogP contribution in [0.1, 0.15) is 48.3 Å². The number of amides is 1. The molecule has 33 heavy (non-hydrogen) atoms. The van der Waals surface area contributed by atoms with E-state index in [2.05, 4.69) is 36.2 Å². The van der Waals surface area contributed by atoms with Crippen molar-refractivity contribution in [2.45, 2.75) is 45.1 Å². The minimum atomic E-state index is -0.223. The zero-order valence-electron chi connectivity index (χ0n) is 18.7. The summed E-state index contributed by atoms with van der Waals surface area (Å²) in [6.07, 6.45) is 5.65. The molecular weight excluding hydrogens is 412 g/mol. The third-order valence-electron chi connectivity index (χ3n) is 6.39. The summed E-state index contributed by atoms with van der Waals surface area (Å²) in [7, 11) is 0. The van der Waals surface area contributed by atoms with Crippen LogP contribution in [-0.4, -0.2) is 16.7 Å². The molecule has 2 aromatic carbocycles. The molecule has 0 saturated carbocycles. The van der Waals surface area contributed by atoms with E-state index < -0.39 is 0 Å². The lowest BCUT2D eigenvalue weighted by molar-refractivity contribution is -0.119. The molecule has 0 N–H and O–H groups in total. The second-order valence-electron chi connectivity index (χ2n) is 8.68. The average molecular weight is 439 g/mol. The van der Waals surface area contributed by atoms with E-state index in [-0.39, 0.29) is 24.0 Å². The van der Waals surface area contributed by atoms with Crippen LogP contribution in [0, 0.1) is 6.92 Å². The van der Waals surface area contributed by atoms with Gasteiger partial charge in [0, 0.05) is 36.2 Å². The van der Waals surface area contributed by atoms with E-state index in [1.165, 1.54) is 5.56 Å². The SMILES string of the molecule is Cc1ccc(COc2ccc(C3CC(=O)N(c4cccnc4)C4=C3C(=O)CCC4)cc2)cc1. The number of hydrogen-bond donors (Lipinski definition) is 0. The minimum absolute atomic E-state index is 0.00106. The van der Waals surface area contributed by atoms with Crippen LogP contribution >= 0.6 is 0 Å². The van der Waals surface area contributed by atoms with E-state index in [0.29, 0.717) is 13.0 Å². The Morgan fingerprint density at radius 3 is 2.52 bits per heavy atom. The topological polar surface area (TPSA) is 59.5 Å². The van der Waals surface area contributed by atoms with Crippen LogP contribution in [0.3, 0.4) is 0 Å². The van der Waals surface area contributed by atoms with Crippen molar-refractivity contribution in [3.63, 3.8) is 0 Å². The number of aromatic nitrogens is 1. The van der Waals surface area contributed by atoms with Crippen molar-refractivity contribution in [3.05, 3.63) is 101 Å². The summed E-state index contributed by atoms with van der Waals surface area (Å²) in [5.74, 6) is 0.686. The van der Waals surface area contributed by atoms with Crippen molar-refractivity contribution in [2.75, 3.05) is 4.90 Å². The molecule has 0 fully saturated rings. The van der Waals surface area contributed by atoms with E-state index >= 15 is 0 Å². The Morgan fingerprint density at radius 2 is 1.79 bits per heavy atom. The van der Waals surface area contributed by atoms with Gasteiger partial charge in [0.05, 0.1) is 11.9 Å². The number of hydrogen-bond acceptors (Lipinski definition) is 4. The predicted octanol–water partition coefficient (Wildman–Crippen LogP) is 5.50. The van der Waals surface area contributed by atoms with E-state index in [4.69, 9.17) is 4.74 Å². The molecule has 2 aliphatic rings. The summed E-state index contributed by atoms with van der Waals surface area (Å²) in [5.41, 5.74) is 5.64. The molecule has 1 amide bonds. The van der Waals surface area contributed by atoms with Gasteiger partial charge in [-0.15, -0.1) is 0 Å². The second-order valence-corrected chi connectivity index (χ2v) is 8.68. The van der Waals surface area contributed by atoms with E-state index in [9.17, 15) is 9.59 Å². The number of Topliss-reactive ketones (excluding diaryl/α,β-unsaturated/α-hetero) is 1. The fourth-order valence-corrected chi connectivity index (χ4v) is 4.71. The van der Waals surface area contributed by atoms with E-state index in [0.717, 1.165) is 46.7 Å². The number of carbonyl (C=O) groups excluding carboxylic acids is 2. The number of aryl methyl sites for hydroxylation is 1. The standard InChI is InChI=1S/C28H26N2O3/c1-19-7-9-20(10-8-19)18-33-23-13-11-21(12-14-23)24-16-27(32)30(22-4-3-15-29-17-22)25-5-2-6-26(31)28(24)25/h3-4,7-15,17,24H,2,5-6,16,18H2,1H3. The fourth-order valence-electron chi connectivity index (χ4n) is 4.71. The maximum Gasteiger partial charge on any atom is 0.232 e. The van der Waals surface area contributed by atoms with Gasteiger partial charge in [0.15, 0.2) is 5.78 Å². The molecule has 5 heteroatoms. The molecule has 1 atom stereocenters.